The average molecular weight is 259 g/mol. The molecule has 2 rings (SSSR count). The van der Waals surface area contributed by atoms with E-state index in [9.17, 15) is 10.1 Å². The first-order valence-corrected chi connectivity index (χ1v) is 5.70. The number of benzene rings is 1. The molecule has 0 atom stereocenters. The van der Waals surface area contributed by atoms with Crippen LogP contribution >= 0.6 is 0 Å². The van der Waals surface area contributed by atoms with E-state index in [2.05, 4.69) is 11.6 Å². The van der Waals surface area contributed by atoms with Crippen molar-refractivity contribution in [2.24, 2.45) is 0 Å². The van der Waals surface area contributed by atoms with Crippen LogP contribution in [0.25, 0.3) is 0 Å². The molecule has 0 amide bonds. The summed E-state index contributed by atoms with van der Waals surface area (Å²) >= 11 is 0. The zero-order valence-corrected chi connectivity index (χ0v) is 10.2. The third-order valence-electron chi connectivity index (χ3n) is 2.53. The Morgan fingerprint density at radius 1 is 1.42 bits per heavy atom. The Balaban J connectivity index is 2.16. The Hall–Kier alpha value is -2.63. The lowest BCUT2D eigenvalue weighted by atomic mass is 10.3. The van der Waals surface area contributed by atoms with Gasteiger partial charge >= 0.3 is 5.82 Å². The highest BCUT2D eigenvalue weighted by atomic mass is 16.6. The largest absolute Gasteiger partial charge is 0.483 e. The first-order chi connectivity index (χ1) is 9.22. The van der Waals surface area contributed by atoms with Gasteiger partial charge in [0.05, 0.1) is 0 Å². The van der Waals surface area contributed by atoms with Crippen molar-refractivity contribution in [2.45, 2.75) is 13.2 Å². The van der Waals surface area contributed by atoms with Gasteiger partial charge < -0.3 is 14.9 Å². The molecule has 0 N–H and O–H groups in total. The van der Waals surface area contributed by atoms with Crippen LogP contribution in [0.2, 0.25) is 0 Å². The smallest absolute Gasteiger partial charge is 0.343 e. The number of aromatic nitrogens is 2. The minimum atomic E-state index is -0.470. The predicted molar refractivity (Wildman–Crippen MR) is 69.9 cm³/mol. The van der Waals surface area contributed by atoms with Gasteiger partial charge in [-0.25, -0.2) is 9.55 Å². The van der Waals surface area contributed by atoms with Gasteiger partial charge in [0.2, 0.25) is 5.82 Å². The zero-order valence-electron chi connectivity index (χ0n) is 10.2. The van der Waals surface area contributed by atoms with Crippen LogP contribution in [0.4, 0.5) is 5.82 Å². The van der Waals surface area contributed by atoms with Gasteiger partial charge in [0.25, 0.3) is 0 Å². The maximum absolute atomic E-state index is 10.9. The fourth-order valence-electron chi connectivity index (χ4n) is 1.66. The lowest BCUT2D eigenvalue weighted by molar-refractivity contribution is -0.392. The highest BCUT2D eigenvalue weighted by Gasteiger charge is 2.19. The SMILES string of the molecule is C=CCn1c([N+](=O)[O-])cnc1COc1ccccc1. The molecule has 19 heavy (non-hydrogen) atoms. The Kier molecular flexibility index (Phi) is 3.92. The Labute approximate surface area is 110 Å². The van der Waals surface area contributed by atoms with E-state index in [1.54, 1.807) is 6.08 Å². The number of imidazole rings is 1. The molecular weight excluding hydrogens is 246 g/mol. The summed E-state index contributed by atoms with van der Waals surface area (Å²) in [6, 6.07) is 9.22. The van der Waals surface area contributed by atoms with Crippen LogP contribution in [0, 0.1) is 10.1 Å². The number of ether oxygens (including phenoxy) is 1. The summed E-state index contributed by atoms with van der Waals surface area (Å²) in [5.74, 6) is 1.13. The Morgan fingerprint density at radius 2 is 2.16 bits per heavy atom. The molecule has 98 valence electrons. The summed E-state index contributed by atoms with van der Waals surface area (Å²) in [6.45, 7) is 4.08. The van der Waals surface area contributed by atoms with E-state index in [1.807, 2.05) is 30.3 Å². The van der Waals surface area contributed by atoms with Crippen molar-refractivity contribution in [3.05, 3.63) is 65.1 Å². The molecule has 2 aromatic rings. The zero-order chi connectivity index (χ0) is 13.7. The number of hydrogen-bond acceptors (Lipinski definition) is 4. The molecule has 0 spiro atoms. The molecule has 0 aliphatic rings. The van der Waals surface area contributed by atoms with Gasteiger partial charge in [0, 0.05) is 0 Å². The normalized spacial score (nSPS) is 10.1. The van der Waals surface area contributed by atoms with Crippen molar-refractivity contribution >= 4 is 5.82 Å². The summed E-state index contributed by atoms with van der Waals surface area (Å²) in [4.78, 5) is 14.4. The molecule has 6 nitrogen and oxygen atoms in total. The van der Waals surface area contributed by atoms with Crippen molar-refractivity contribution < 1.29 is 9.66 Å². The quantitative estimate of drug-likeness (QED) is 0.454. The van der Waals surface area contributed by atoms with Gasteiger partial charge in [-0.1, -0.05) is 30.9 Å². The number of allylic oxidation sites excluding steroid dienone is 1. The fourth-order valence-corrected chi connectivity index (χ4v) is 1.66. The van der Waals surface area contributed by atoms with Gasteiger partial charge in [-0.2, -0.15) is 0 Å². The van der Waals surface area contributed by atoms with E-state index >= 15 is 0 Å². The molecule has 0 bridgehead atoms. The summed E-state index contributed by atoms with van der Waals surface area (Å²) in [6.07, 6.45) is 2.81. The van der Waals surface area contributed by atoms with Crippen molar-refractivity contribution in [2.75, 3.05) is 0 Å². The summed E-state index contributed by atoms with van der Waals surface area (Å²) in [5.41, 5.74) is 0. The van der Waals surface area contributed by atoms with Gasteiger partial charge in [-0.3, -0.25) is 0 Å². The molecule has 1 aromatic carbocycles. The van der Waals surface area contributed by atoms with Gasteiger partial charge in [0.1, 0.15) is 18.5 Å². The van der Waals surface area contributed by atoms with E-state index in [0.717, 1.165) is 0 Å². The van der Waals surface area contributed by atoms with E-state index in [-0.39, 0.29) is 12.4 Å². The van der Waals surface area contributed by atoms with Crippen LogP contribution in [-0.4, -0.2) is 14.5 Å². The monoisotopic (exact) mass is 259 g/mol. The lowest BCUT2D eigenvalue weighted by Gasteiger charge is -2.05. The summed E-state index contributed by atoms with van der Waals surface area (Å²) < 4.78 is 7.00. The standard InChI is InChI=1S/C13H13N3O3/c1-2-8-15-12(14-9-13(15)16(17)18)10-19-11-6-4-3-5-7-11/h2-7,9H,1,8,10H2. The maximum atomic E-state index is 10.9. The molecule has 1 aromatic heterocycles. The van der Waals surface area contributed by atoms with Crippen LogP contribution in [0.15, 0.2) is 49.2 Å². The van der Waals surface area contributed by atoms with Gasteiger partial charge in [-0.15, -0.1) is 0 Å². The van der Waals surface area contributed by atoms with Crippen molar-refractivity contribution in [3.8, 4) is 5.75 Å². The number of para-hydroxylation sites is 1. The first kappa shape index (κ1) is 12.8. The van der Waals surface area contributed by atoms with E-state index in [4.69, 9.17) is 4.74 Å². The highest BCUT2D eigenvalue weighted by molar-refractivity contribution is 5.23. The lowest BCUT2D eigenvalue weighted by Crippen LogP contribution is -2.08. The third kappa shape index (κ3) is 2.98. The molecule has 0 radical (unpaired) electrons. The molecule has 0 saturated carbocycles. The number of hydrogen-bond donors (Lipinski definition) is 0. The molecular formula is C13H13N3O3. The third-order valence-corrected chi connectivity index (χ3v) is 2.53. The second kappa shape index (κ2) is 5.81. The van der Waals surface area contributed by atoms with Crippen LogP contribution in [-0.2, 0) is 13.2 Å². The second-order valence-electron chi connectivity index (χ2n) is 3.79. The number of rotatable bonds is 6. The van der Waals surface area contributed by atoms with E-state index < -0.39 is 4.92 Å². The van der Waals surface area contributed by atoms with Crippen molar-refractivity contribution in [3.63, 3.8) is 0 Å². The van der Waals surface area contributed by atoms with Crippen molar-refractivity contribution in [1.82, 2.24) is 9.55 Å². The predicted octanol–water partition coefficient (Wildman–Crippen LogP) is 2.56. The van der Waals surface area contributed by atoms with Crippen LogP contribution in [0.1, 0.15) is 5.82 Å². The Bertz CT molecular complexity index is 578. The molecule has 0 fully saturated rings. The first-order valence-electron chi connectivity index (χ1n) is 5.70. The van der Waals surface area contributed by atoms with Crippen LogP contribution in [0.5, 0.6) is 5.75 Å². The van der Waals surface area contributed by atoms with Crippen molar-refractivity contribution in [1.29, 1.82) is 0 Å². The highest BCUT2D eigenvalue weighted by Crippen LogP contribution is 2.16. The van der Waals surface area contributed by atoms with Gasteiger partial charge in [0.15, 0.2) is 6.61 Å². The Morgan fingerprint density at radius 3 is 2.79 bits per heavy atom. The molecule has 0 aliphatic heterocycles. The van der Waals surface area contributed by atoms with Crippen LogP contribution in [0.3, 0.4) is 0 Å². The number of nitro groups is 1. The number of nitrogens with zero attached hydrogens (tertiary/aromatic N) is 3. The molecule has 0 unspecified atom stereocenters. The average Bonchev–Trinajstić information content (AvgIpc) is 2.81. The summed E-state index contributed by atoms with van der Waals surface area (Å²) in [5, 5.41) is 10.9. The van der Waals surface area contributed by atoms with E-state index in [1.165, 1.54) is 10.8 Å². The van der Waals surface area contributed by atoms with Crippen LogP contribution < -0.4 is 4.74 Å². The molecule has 0 saturated heterocycles. The minimum Gasteiger partial charge on any atom is -0.483 e. The summed E-state index contributed by atoms with van der Waals surface area (Å²) in [7, 11) is 0. The topological polar surface area (TPSA) is 70.2 Å². The molecule has 0 aliphatic carbocycles. The van der Waals surface area contributed by atoms with Gasteiger partial charge in [-0.05, 0) is 17.1 Å². The fraction of sp³-hybridized carbons (Fsp3) is 0.154. The minimum absolute atomic E-state index is 0.0634. The second-order valence-corrected chi connectivity index (χ2v) is 3.79. The maximum Gasteiger partial charge on any atom is 0.343 e. The molecule has 6 heteroatoms. The van der Waals surface area contributed by atoms with E-state index in [0.29, 0.717) is 18.1 Å². The molecule has 1 heterocycles.